The number of pyridine rings is 1. The summed E-state index contributed by atoms with van der Waals surface area (Å²) in [6, 6.07) is 9.21. The molecule has 0 spiro atoms. The molecule has 0 radical (unpaired) electrons. The van der Waals surface area contributed by atoms with Crippen LogP contribution in [-0.4, -0.2) is 26.2 Å². The molecule has 0 saturated carbocycles. The number of hydrogen-bond donors (Lipinski definition) is 0. The number of nitro groups is 1. The van der Waals surface area contributed by atoms with Crippen molar-refractivity contribution < 1.29 is 14.2 Å². The van der Waals surface area contributed by atoms with Gasteiger partial charge in [-0.05, 0) is 31.2 Å². The molecule has 9 heteroatoms. The first-order valence-corrected chi connectivity index (χ1v) is 7.47. The van der Waals surface area contributed by atoms with E-state index < -0.39 is 10.7 Å². The maximum atomic E-state index is 11.9. The molecule has 0 fully saturated rings. The SMILES string of the molecule is CCOc1ccc(Cn2c(-c3ccc([N+](=O)[O-])cc3)noc2=O)nc1. The molecule has 0 bridgehead atoms. The number of rotatable bonds is 6. The number of benzene rings is 1. The van der Waals surface area contributed by atoms with Crippen LogP contribution in [0.4, 0.5) is 5.69 Å². The van der Waals surface area contributed by atoms with Crippen molar-refractivity contribution in [3.05, 3.63) is 69.0 Å². The van der Waals surface area contributed by atoms with E-state index in [0.29, 0.717) is 23.6 Å². The number of non-ortho nitro benzene ring substituents is 1. The Morgan fingerprint density at radius 3 is 2.60 bits per heavy atom. The summed E-state index contributed by atoms with van der Waals surface area (Å²) < 4.78 is 11.4. The summed E-state index contributed by atoms with van der Waals surface area (Å²) in [6.45, 7) is 2.57. The molecule has 0 N–H and O–H groups in total. The first-order valence-electron chi connectivity index (χ1n) is 7.47. The van der Waals surface area contributed by atoms with Crippen LogP contribution in [-0.2, 0) is 6.54 Å². The molecule has 25 heavy (non-hydrogen) atoms. The molecule has 0 aliphatic rings. The van der Waals surface area contributed by atoms with Gasteiger partial charge in [0, 0.05) is 17.7 Å². The van der Waals surface area contributed by atoms with Crippen LogP contribution in [0.15, 0.2) is 51.9 Å². The van der Waals surface area contributed by atoms with E-state index in [4.69, 9.17) is 9.26 Å². The lowest BCUT2D eigenvalue weighted by molar-refractivity contribution is -0.384. The van der Waals surface area contributed by atoms with Gasteiger partial charge < -0.3 is 4.74 Å². The van der Waals surface area contributed by atoms with Crippen molar-refractivity contribution >= 4 is 5.69 Å². The van der Waals surface area contributed by atoms with Crippen LogP contribution >= 0.6 is 0 Å². The van der Waals surface area contributed by atoms with Gasteiger partial charge in [0.1, 0.15) is 5.75 Å². The van der Waals surface area contributed by atoms with E-state index >= 15 is 0 Å². The molecule has 3 aromatic rings. The first-order chi connectivity index (χ1) is 12.1. The molecule has 0 saturated heterocycles. The minimum absolute atomic E-state index is 0.0469. The third kappa shape index (κ3) is 3.55. The van der Waals surface area contributed by atoms with E-state index in [1.165, 1.54) is 28.8 Å². The van der Waals surface area contributed by atoms with Crippen molar-refractivity contribution in [3.63, 3.8) is 0 Å². The van der Waals surface area contributed by atoms with Crippen LogP contribution in [0.25, 0.3) is 11.4 Å². The molecule has 0 aliphatic heterocycles. The summed E-state index contributed by atoms with van der Waals surface area (Å²) in [4.78, 5) is 26.4. The predicted molar refractivity (Wildman–Crippen MR) is 87.4 cm³/mol. The topological polar surface area (TPSA) is 113 Å². The summed E-state index contributed by atoms with van der Waals surface area (Å²) in [5.74, 6) is 0.277. The first kappa shape index (κ1) is 16.4. The van der Waals surface area contributed by atoms with Crippen molar-refractivity contribution in [1.29, 1.82) is 0 Å². The lowest BCUT2D eigenvalue weighted by atomic mass is 10.2. The minimum atomic E-state index is -0.635. The van der Waals surface area contributed by atoms with Gasteiger partial charge in [-0.25, -0.2) is 4.79 Å². The Bertz CT molecular complexity index is 928. The summed E-state index contributed by atoms with van der Waals surface area (Å²) in [5.41, 5.74) is 1.11. The fourth-order valence-corrected chi connectivity index (χ4v) is 2.27. The second kappa shape index (κ2) is 6.95. The monoisotopic (exact) mass is 342 g/mol. The minimum Gasteiger partial charge on any atom is -0.492 e. The highest BCUT2D eigenvalue weighted by Crippen LogP contribution is 2.20. The summed E-state index contributed by atoms with van der Waals surface area (Å²) >= 11 is 0. The van der Waals surface area contributed by atoms with Crippen molar-refractivity contribution in [3.8, 4) is 17.1 Å². The molecule has 0 aliphatic carbocycles. The van der Waals surface area contributed by atoms with Gasteiger partial charge in [0.25, 0.3) is 5.69 Å². The van der Waals surface area contributed by atoms with Gasteiger partial charge >= 0.3 is 5.76 Å². The Balaban J connectivity index is 1.89. The van der Waals surface area contributed by atoms with Crippen LogP contribution in [0.5, 0.6) is 5.75 Å². The van der Waals surface area contributed by atoms with Gasteiger partial charge in [-0.1, -0.05) is 5.16 Å². The van der Waals surface area contributed by atoms with Crippen LogP contribution in [0, 0.1) is 10.1 Å². The second-order valence-corrected chi connectivity index (χ2v) is 5.08. The fourth-order valence-electron chi connectivity index (χ4n) is 2.27. The number of nitrogens with zero attached hydrogens (tertiary/aromatic N) is 4. The standard InChI is InChI=1S/C16H14N4O5/c1-2-24-14-8-5-12(17-9-14)10-19-15(18-25-16(19)21)11-3-6-13(7-4-11)20(22)23/h3-9H,2,10H2,1H3. The van der Waals surface area contributed by atoms with Gasteiger partial charge in [-0.2, -0.15) is 0 Å². The lowest BCUT2D eigenvalue weighted by Gasteiger charge is -2.06. The summed E-state index contributed by atoms with van der Waals surface area (Å²) in [7, 11) is 0. The van der Waals surface area contributed by atoms with Crippen molar-refractivity contribution in [2.45, 2.75) is 13.5 Å². The molecule has 2 aromatic heterocycles. The van der Waals surface area contributed by atoms with Gasteiger partial charge in [0.05, 0.1) is 30.0 Å². The number of nitro benzene ring substituents is 1. The molecule has 128 valence electrons. The van der Waals surface area contributed by atoms with Gasteiger partial charge in [0.15, 0.2) is 5.82 Å². The lowest BCUT2D eigenvalue weighted by Crippen LogP contribution is -2.17. The third-order valence-electron chi connectivity index (χ3n) is 3.45. The third-order valence-corrected chi connectivity index (χ3v) is 3.45. The van der Waals surface area contributed by atoms with E-state index in [1.54, 1.807) is 18.3 Å². The average molecular weight is 342 g/mol. The molecule has 9 nitrogen and oxygen atoms in total. The maximum absolute atomic E-state index is 11.9. The predicted octanol–water partition coefficient (Wildman–Crippen LogP) is 2.25. The van der Waals surface area contributed by atoms with Gasteiger partial charge in [-0.15, -0.1) is 0 Å². The largest absolute Gasteiger partial charge is 0.492 e. The van der Waals surface area contributed by atoms with Crippen LogP contribution in [0.2, 0.25) is 0 Å². The van der Waals surface area contributed by atoms with Crippen molar-refractivity contribution in [2.75, 3.05) is 6.61 Å². The highest BCUT2D eigenvalue weighted by Gasteiger charge is 2.15. The van der Waals surface area contributed by atoms with E-state index in [9.17, 15) is 14.9 Å². The van der Waals surface area contributed by atoms with E-state index in [1.807, 2.05) is 6.92 Å². The Hall–Kier alpha value is -3.49. The molecule has 0 atom stereocenters. The summed E-state index contributed by atoms with van der Waals surface area (Å²) in [6.07, 6.45) is 1.57. The molecular weight excluding hydrogens is 328 g/mol. The Labute approximate surface area is 141 Å². The molecular formula is C16H14N4O5. The maximum Gasteiger partial charge on any atom is 0.442 e. The zero-order valence-corrected chi connectivity index (χ0v) is 13.3. The van der Waals surface area contributed by atoms with Crippen LogP contribution < -0.4 is 10.5 Å². The second-order valence-electron chi connectivity index (χ2n) is 5.08. The Morgan fingerprint density at radius 2 is 2.00 bits per heavy atom. The summed E-state index contributed by atoms with van der Waals surface area (Å²) in [5, 5.41) is 14.5. The van der Waals surface area contributed by atoms with Crippen molar-refractivity contribution in [1.82, 2.24) is 14.7 Å². The van der Waals surface area contributed by atoms with E-state index in [-0.39, 0.29) is 18.1 Å². The molecule has 0 amide bonds. The van der Waals surface area contributed by atoms with E-state index in [0.717, 1.165) is 0 Å². The van der Waals surface area contributed by atoms with Crippen LogP contribution in [0.3, 0.4) is 0 Å². The molecule has 1 aromatic carbocycles. The Morgan fingerprint density at radius 1 is 1.24 bits per heavy atom. The molecule has 3 rings (SSSR count). The zero-order valence-electron chi connectivity index (χ0n) is 13.3. The smallest absolute Gasteiger partial charge is 0.442 e. The fraction of sp³-hybridized carbons (Fsp3) is 0.188. The molecule has 2 heterocycles. The average Bonchev–Trinajstić information content (AvgIpc) is 2.98. The number of hydrogen-bond acceptors (Lipinski definition) is 7. The molecule has 0 unspecified atom stereocenters. The number of ether oxygens (including phenoxy) is 1. The van der Waals surface area contributed by atoms with Crippen LogP contribution in [0.1, 0.15) is 12.6 Å². The highest BCUT2D eigenvalue weighted by molar-refractivity contribution is 5.57. The van der Waals surface area contributed by atoms with Crippen molar-refractivity contribution in [2.24, 2.45) is 0 Å². The Kier molecular flexibility index (Phi) is 4.55. The normalized spacial score (nSPS) is 10.6. The number of aromatic nitrogens is 3. The zero-order chi connectivity index (χ0) is 17.8. The van der Waals surface area contributed by atoms with E-state index in [2.05, 4.69) is 10.1 Å². The quantitative estimate of drug-likeness (QED) is 0.498. The van der Waals surface area contributed by atoms with Gasteiger partial charge in [0.2, 0.25) is 0 Å². The highest BCUT2D eigenvalue weighted by atomic mass is 16.6. The van der Waals surface area contributed by atoms with Gasteiger partial charge in [-0.3, -0.25) is 24.2 Å².